The number of fused-ring (bicyclic) bond motifs is 1. The third-order valence-electron chi connectivity index (χ3n) is 7.45. The molecule has 1 aliphatic rings. The molecular formula is C31H42F5NO2. The maximum absolute atomic E-state index is 15.7. The summed E-state index contributed by atoms with van der Waals surface area (Å²) in [5, 5.41) is 0. The fourth-order valence-corrected chi connectivity index (χ4v) is 5.16. The van der Waals surface area contributed by atoms with Crippen LogP contribution in [0.5, 0.6) is 11.6 Å². The largest absolute Gasteiger partial charge is 0.487 e. The molecule has 0 radical (unpaired) electrons. The van der Waals surface area contributed by atoms with Gasteiger partial charge in [-0.3, -0.25) is 0 Å². The van der Waals surface area contributed by atoms with Crippen LogP contribution >= 0.6 is 0 Å². The van der Waals surface area contributed by atoms with Crippen LogP contribution in [-0.4, -0.2) is 24.4 Å². The van der Waals surface area contributed by atoms with Crippen LogP contribution in [0.4, 0.5) is 22.0 Å². The minimum Gasteiger partial charge on any atom is -0.487 e. The van der Waals surface area contributed by atoms with Crippen LogP contribution in [0, 0.1) is 11.6 Å². The molecule has 2 aromatic rings. The van der Waals surface area contributed by atoms with E-state index in [1.54, 1.807) is 12.1 Å². The molecule has 218 valence electrons. The SMILES string of the molecule is CCCCCCCC[C@@H](F)COc1c(F)c(F)cc2c1CCC(c1ccc(OCCCCCC)nc1)C2(F)F. The highest BCUT2D eigenvalue weighted by molar-refractivity contribution is 5.48. The predicted octanol–water partition coefficient (Wildman–Crippen LogP) is 9.61. The maximum Gasteiger partial charge on any atom is 0.280 e. The molecule has 1 unspecified atom stereocenters. The lowest BCUT2D eigenvalue weighted by atomic mass is 9.77. The Hall–Kier alpha value is -2.38. The Morgan fingerprint density at radius 2 is 1.64 bits per heavy atom. The quantitative estimate of drug-likeness (QED) is 0.144. The van der Waals surface area contributed by atoms with E-state index in [-0.39, 0.29) is 24.8 Å². The third kappa shape index (κ3) is 8.55. The van der Waals surface area contributed by atoms with Crippen LogP contribution in [0.1, 0.15) is 114 Å². The topological polar surface area (TPSA) is 31.4 Å². The first kappa shape index (κ1) is 31.2. The Morgan fingerprint density at radius 3 is 2.33 bits per heavy atom. The third-order valence-corrected chi connectivity index (χ3v) is 7.45. The van der Waals surface area contributed by atoms with Crippen molar-refractivity contribution in [2.24, 2.45) is 0 Å². The molecule has 8 heteroatoms. The van der Waals surface area contributed by atoms with Crippen LogP contribution < -0.4 is 9.47 Å². The second-order valence-corrected chi connectivity index (χ2v) is 10.5. The van der Waals surface area contributed by atoms with E-state index < -0.39 is 47.6 Å². The number of nitrogens with zero attached hydrogens (tertiary/aromatic N) is 1. The highest BCUT2D eigenvalue weighted by Crippen LogP contribution is 2.52. The average Bonchev–Trinajstić information content (AvgIpc) is 2.92. The molecule has 3 rings (SSSR count). The van der Waals surface area contributed by atoms with E-state index in [9.17, 15) is 13.2 Å². The van der Waals surface area contributed by atoms with Gasteiger partial charge in [0.25, 0.3) is 5.92 Å². The molecule has 0 saturated carbocycles. The lowest BCUT2D eigenvalue weighted by Crippen LogP contribution is -2.31. The number of hydrogen-bond acceptors (Lipinski definition) is 3. The van der Waals surface area contributed by atoms with E-state index in [0.717, 1.165) is 57.8 Å². The number of ether oxygens (including phenoxy) is 2. The highest BCUT2D eigenvalue weighted by Gasteiger charge is 2.48. The molecule has 1 aromatic carbocycles. The molecule has 0 N–H and O–H groups in total. The van der Waals surface area contributed by atoms with Crippen LogP contribution in [0.2, 0.25) is 0 Å². The summed E-state index contributed by atoms with van der Waals surface area (Å²) in [6.07, 6.45) is 10.4. The number of alkyl halides is 3. The van der Waals surface area contributed by atoms with Gasteiger partial charge >= 0.3 is 0 Å². The molecular weight excluding hydrogens is 513 g/mol. The second-order valence-electron chi connectivity index (χ2n) is 10.5. The standard InChI is InChI=1S/C31H42F5NO2/c1-3-5-7-9-10-11-13-23(32)21-39-30-24-15-16-25(31(35,36)26(24)19-27(33)29(30)34)22-14-17-28(37-20-22)38-18-12-8-6-4-2/h14,17,19-20,23,25H,3-13,15-16,18,21H2,1-2H3/t23-,25?/m1/s1. The number of hydrogen-bond donors (Lipinski definition) is 0. The Kier molecular flexibility index (Phi) is 12.3. The zero-order valence-electron chi connectivity index (χ0n) is 23.2. The van der Waals surface area contributed by atoms with Crippen molar-refractivity contribution in [1.82, 2.24) is 4.98 Å². The first-order valence-corrected chi connectivity index (χ1v) is 14.5. The van der Waals surface area contributed by atoms with Gasteiger partial charge in [-0.2, -0.15) is 4.39 Å². The van der Waals surface area contributed by atoms with Gasteiger partial charge in [0.15, 0.2) is 11.6 Å². The molecule has 0 amide bonds. The van der Waals surface area contributed by atoms with Crippen molar-refractivity contribution in [3.8, 4) is 11.6 Å². The number of aromatic nitrogens is 1. The molecule has 0 spiro atoms. The molecule has 0 bridgehead atoms. The lowest BCUT2D eigenvalue weighted by Gasteiger charge is -2.34. The molecule has 0 saturated heterocycles. The summed E-state index contributed by atoms with van der Waals surface area (Å²) in [5.41, 5.74) is -0.420. The number of rotatable bonds is 17. The Bertz CT molecular complexity index is 1020. The van der Waals surface area contributed by atoms with Crippen molar-refractivity contribution in [1.29, 1.82) is 0 Å². The Labute approximate surface area is 229 Å². The van der Waals surface area contributed by atoms with Crippen molar-refractivity contribution in [3.63, 3.8) is 0 Å². The van der Waals surface area contributed by atoms with Crippen molar-refractivity contribution in [2.75, 3.05) is 13.2 Å². The maximum atomic E-state index is 15.7. The fraction of sp³-hybridized carbons (Fsp3) is 0.645. The van der Waals surface area contributed by atoms with Crippen molar-refractivity contribution >= 4 is 0 Å². The molecule has 1 aliphatic carbocycles. The summed E-state index contributed by atoms with van der Waals surface area (Å²) in [4.78, 5) is 4.18. The average molecular weight is 556 g/mol. The first-order valence-electron chi connectivity index (χ1n) is 14.5. The zero-order valence-corrected chi connectivity index (χ0v) is 23.2. The summed E-state index contributed by atoms with van der Waals surface area (Å²) < 4.78 is 85.8. The number of unbranched alkanes of at least 4 members (excludes halogenated alkanes) is 8. The number of pyridine rings is 1. The van der Waals surface area contributed by atoms with Crippen LogP contribution in [-0.2, 0) is 12.3 Å². The number of benzene rings is 1. The van der Waals surface area contributed by atoms with Crippen molar-refractivity contribution in [2.45, 2.75) is 115 Å². The van der Waals surface area contributed by atoms with Crippen LogP contribution in [0.25, 0.3) is 0 Å². The summed E-state index contributed by atoms with van der Waals surface area (Å²) in [6.45, 7) is 4.25. The monoisotopic (exact) mass is 555 g/mol. The minimum atomic E-state index is -3.49. The first-order chi connectivity index (χ1) is 18.8. The molecule has 2 atom stereocenters. The summed E-state index contributed by atoms with van der Waals surface area (Å²) >= 11 is 0. The normalized spacial score (nSPS) is 17.1. The predicted molar refractivity (Wildman–Crippen MR) is 144 cm³/mol. The van der Waals surface area contributed by atoms with Gasteiger partial charge in [0, 0.05) is 23.4 Å². The zero-order chi connectivity index (χ0) is 28.3. The summed E-state index contributed by atoms with van der Waals surface area (Å²) in [6, 6.07) is 3.66. The van der Waals surface area contributed by atoms with Gasteiger partial charge in [0.05, 0.1) is 12.5 Å². The van der Waals surface area contributed by atoms with E-state index in [1.165, 1.54) is 6.20 Å². The molecule has 0 aliphatic heterocycles. The van der Waals surface area contributed by atoms with E-state index in [2.05, 4.69) is 18.8 Å². The second kappa shape index (κ2) is 15.4. The Balaban J connectivity index is 1.65. The molecule has 0 fully saturated rings. The lowest BCUT2D eigenvalue weighted by molar-refractivity contribution is -0.0445. The van der Waals surface area contributed by atoms with Crippen molar-refractivity contribution < 1.29 is 31.4 Å². The van der Waals surface area contributed by atoms with Gasteiger partial charge in [0.1, 0.15) is 12.8 Å². The van der Waals surface area contributed by atoms with Gasteiger partial charge in [-0.1, -0.05) is 77.7 Å². The van der Waals surface area contributed by atoms with E-state index >= 15 is 8.78 Å². The molecule has 1 heterocycles. The van der Waals surface area contributed by atoms with E-state index in [4.69, 9.17) is 9.47 Å². The highest BCUT2D eigenvalue weighted by atomic mass is 19.3. The van der Waals surface area contributed by atoms with Crippen LogP contribution in [0.15, 0.2) is 24.4 Å². The number of halogens is 5. The van der Waals surface area contributed by atoms with Gasteiger partial charge in [0.2, 0.25) is 11.7 Å². The van der Waals surface area contributed by atoms with Gasteiger partial charge < -0.3 is 9.47 Å². The van der Waals surface area contributed by atoms with Crippen LogP contribution in [0.3, 0.4) is 0 Å². The smallest absolute Gasteiger partial charge is 0.280 e. The molecule has 1 aromatic heterocycles. The van der Waals surface area contributed by atoms with Gasteiger partial charge in [-0.05, 0) is 37.3 Å². The van der Waals surface area contributed by atoms with Gasteiger partial charge in [-0.15, -0.1) is 0 Å². The fourth-order valence-electron chi connectivity index (χ4n) is 5.16. The summed E-state index contributed by atoms with van der Waals surface area (Å²) in [7, 11) is 0. The van der Waals surface area contributed by atoms with E-state index in [0.29, 0.717) is 30.5 Å². The molecule has 3 nitrogen and oxygen atoms in total. The Morgan fingerprint density at radius 1 is 0.949 bits per heavy atom. The molecule has 39 heavy (non-hydrogen) atoms. The minimum absolute atomic E-state index is 0.0167. The van der Waals surface area contributed by atoms with Gasteiger partial charge in [-0.25, -0.2) is 22.5 Å². The van der Waals surface area contributed by atoms with E-state index in [1.807, 2.05) is 0 Å². The van der Waals surface area contributed by atoms with Crippen molar-refractivity contribution in [3.05, 3.63) is 52.7 Å². The summed E-state index contributed by atoms with van der Waals surface area (Å²) in [5.74, 6) is -7.77.